The van der Waals surface area contributed by atoms with E-state index in [4.69, 9.17) is 4.74 Å². The number of methoxy groups -OCH3 is 1. The van der Waals surface area contributed by atoms with Crippen LogP contribution in [0.3, 0.4) is 0 Å². The molecular formula is C16H30O2. The normalized spacial score (nSPS) is 28.3. The first kappa shape index (κ1) is 15.7. The Kier molecular flexibility index (Phi) is 7.57. The highest BCUT2D eigenvalue weighted by molar-refractivity contribution is 5.81. The maximum absolute atomic E-state index is 12.4. The Balaban J connectivity index is 2.51. The molecule has 0 spiro atoms. The van der Waals surface area contributed by atoms with Gasteiger partial charge < -0.3 is 4.74 Å². The van der Waals surface area contributed by atoms with Gasteiger partial charge in [0, 0.05) is 26.1 Å². The Morgan fingerprint density at radius 1 is 1.28 bits per heavy atom. The maximum atomic E-state index is 12.4. The molecule has 0 aliphatic heterocycles. The average Bonchev–Trinajstić information content (AvgIpc) is 2.36. The Morgan fingerprint density at radius 2 is 2.06 bits per heavy atom. The molecule has 0 aromatic rings. The lowest BCUT2D eigenvalue weighted by Crippen LogP contribution is -2.34. The average molecular weight is 254 g/mol. The van der Waals surface area contributed by atoms with Gasteiger partial charge in [0.1, 0.15) is 5.78 Å². The van der Waals surface area contributed by atoms with Crippen LogP contribution < -0.4 is 0 Å². The van der Waals surface area contributed by atoms with Gasteiger partial charge in [-0.2, -0.15) is 0 Å². The fourth-order valence-corrected chi connectivity index (χ4v) is 3.41. The van der Waals surface area contributed by atoms with Gasteiger partial charge in [0.15, 0.2) is 0 Å². The van der Waals surface area contributed by atoms with Crippen LogP contribution in [0.4, 0.5) is 0 Å². The summed E-state index contributed by atoms with van der Waals surface area (Å²) in [6.07, 6.45) is 9.06. The quantitative estimate of drug-likeness (QED) is 0.606. The number of ether oxygens (including phenoxy) is 1. The van der Waals surface area contributed by atoms with E-state index in [0.717, 1.165) is 25.9 Å². The van der Waals surface area contributed by atoms with E-state index in [0.29, 0.717) is 23.5 Å². The molecule has 1 rings (SSSR count). The standard InChI is InChI=1S/C16H30O2/c1-4-5-6-10-15(17)16-13(2)8-7-9-14(16)11-12-18-3/h13-14,16H,4-12H2,1-3H3. The number of ketones is 1. The van der Waals surface area contributed by atoms with Crippen LogP contribution in [0.5, 0.6) is 0 Å². The van der Waals surface area contributed by atoms with E-state index in [1.807, 2.05) is 0 Å². The van der Waals surface area contributed by atoms with Crippen molar-refractivity contribution in [2.24, 2.45) is 17.8 Å². The number of hydrogen-bond acceptors (Lipinski definition) is 2. The minimum absolute atomic E-state index is 0.311. The highest BCUT2D eigenvalue weighted by Gasteiger charge is 2.34. The van der Waals surface area contributed by atoms with Crippen molar-refractivity contribution < 1.29 is 9.53 Å². The summed E-state index contributed by atoms with van der Waals surface area (Å²) in [5.74, 6) is 1.99. The third-order valence-corrected chi connectivity index (χ3v) is 4.45. The maximum Gasteiger partial charge on any atom is 0.136 e. The smallest absolute Gasteiger partial charge is 0.136 e. The Hall–Kier alpha value is -0.370. The minimum Gasteiger partial charge on any atom is -0.385 e. The Bertz CT molecular complexity index is 237. The van der Waals surface area contributed by atoms with Crippen LogP contribution in [0.2, 0.25) is 0 Å². The van der Waals surface area contributed by atoms with E-state index in [1.54, 1.807) is 7.11 Å². The lowest BCUT2D eigenvalue weighted by molar-refractivity contribution is -0.128. The van der Waals surface area contributed by atoms with Crippen LogP contribution in [0, 0.1) is 17.8 Å². The molecule has 1 aliphatic carbocycles. The van der Waals surface area contributed by atoms with Gasteiger partial charge in [0.05, 0.1) is 0 Å². The highest BCUT2D eigenvalue weighted by atomic mass is 16.5. The van der Waals surface area contributed by atoms with Crippen molar-refractivity contribution in [3.8, 4) is 0 Å². The van der Waals surface area contributed by atoms with Crippen molar-refractivity contribution in [3.05, 3.63) is 0 Å². The van der Waals surface area contributed by atoms with Crippen LogP contribution in [-0.2, 0) is 9.53 Å². The predicted molar refractivity (Wildman–Crippen MR) is 75.6 cm³/mol. The molecule has 0 amide bonds. The molecule has 0 aromatic carbocycles. The van der Waals surface area contributed by atoms with Gasteiger partial charge in [0.2, 0.25) is 0 Å². The summed E-state index contributed by atoms with van der Waals surface area (Å²) >= 11 is 0. The fraction of sp³-hybridized carbons (Fsp3) is 0.938. The first-order valence-corrected chi connectivity index (χ1v) is 7.72. The van der Waals surface area contributed by atoms with Gasteiger partial charge in [-0.1, -0.05) is 39.5 Å². The SMILES string of the molecule is CCCCCC(=O)C1C(C)CCCC1CCOC. The fourth-order valence-electron chi connectivity index (χ4n) is 3.41. The van der Waals surface area contributed by atoms with Gasteiger partial charge in [-0.05, 0) is 31.1 Å². The molecule has 0 bridgehead atoms. The number of Topliss-reactive ketones (excluding diaryl/α,β-unsaturated/α-hetero) is 1. The number of hydrogen-bond donors (Lipinski definition) is 0. The van der Waals surface area contributed by atoms with E-state index < -0.39 is 0 Å². The monoisotopic (exact) mass is 254 g/mol. The van der Waals surface area contributed by atoms with Crippen LogP contribution in [0.25, 0.3) is 0 Å². The Morgan fingerprint density at radius 3 is 2.72 bits per heavy atom. The van der Waals surface area contributed by atoms with E-state index >= 15 is 0 Å². The van der Waals surface area contributed by atoms with Crippen molar-refractivity contribution in [3.63, 3.8) is 0 Å². The molecule has 18 heavy (non-hydrogen) atoms. The topological polar surface area (TPSA) is 26.3 Å². The number of carbonyl (C=O) groups excluding carboxylic acids is 1. The molecule has 1 aliphatic rings. The van der Waals surface area contributed by atoms with Crippen LogP contribution >= 0.6 is 0 Å². The summed E-state index contributed by atoms with van der Waals surface area (Å²) in [5, 5.41) is 0. The summed E-state index contributed by atoms with van der Waals surface area (Å²) in [7, 11) is 1.75. The van der Waals surface area contributed by atoms with Crippen LogP contribution in [0.1, 0.15) is 65.2 Å². The van der Waals surface area contributed by atoms with Gasteiger partial charge in [-0.3, -0.25) is 4.79 Å². The molecule has 3 unspecified atom stereocenters. The predicted octanol–water partition coefficient (Wildman–Crippen LogP) is 4.22. The molecule has 0 radical (unpaired) electrons. The molecule has 3 atom stereocenters. The molecule has 0 N–H and O–H groups in total. The molecule has 2 heteroatoms. The molecular weight excluding hydrogens is 224 g/mol. The third-order valence-electron chi connectivity index (χ3n) is 4.45. The van der Waals surface area contributed by atoms with Gasteiger partial charge in [-0.15, -0.1) is 0 Å². The van der Waals surface area contributed by atoms with Crippen molar-refractivity contribution in [1.82, 2.24) is 0 Å². The molecule has 2 nitrogen and oxygen atoms in total. The molecule has 1 saturated carbocycles. The van der Waals surface area contributed by atoms with Crippen LogP contribution in [0.15, 0.2) is 0 Å². The third kappa shape index (κ3) is 4.72. The molecule has 106 valence electrons. The first-order valence-electron chi connectivity index (χ1n) is 7.72. The second-order valence-corrected chi connectivity index (χ2v) is 5.90. The lowest BCUT2D eigenvalue weighted by Gasteiger charge is -2.35. The van der Waals surface area contributed by atoms with E-state index in [-0.39, 0.29) is 0 Å². The van der Waals surface area contributed by atoms with Gasteiger partial charge >= 0.3 is 0 Å². The van der Waals surface area contributed by atoms with Crippen molar-refractivity contribution >= 4 is 5.78 Å². The van der Waals surface area contributed by atoms with Crippen molar-refractivity contribution in [2.45, 2.75) is 65.2 Å². The molecule has 0 aromatic heterocycles. The Labute approximate surface area is 112 Å². The second kappa shape index (κ2) is 8.68. The van der Waals surface area contributed by atoms with Crippen molar-refractivity contribution in [1.29, 1.82) is 0 Å². The summed E-state index contributed by atoms with van der Waals surface area (Å²) in [4.78, 5) is 12.4. The second-order valence-electron chi connectivity index (χ2n) is 5.90. The number of carbonyl (C=O) groups is 1. The van der Waals surface area contributed by atoms with Crippen LogP contribution in [-0.4, -0.2) is 19.5 Å². The largest absolute Gasteiger partial charge is 0.385 e. The molecule has 1 fully saturated rings. The minimum atomic E-state index is 0.311. The lowest BCUT2D eigenvalue weighted by atomic mass is 9.69. The zero-order valence-corrected chi connectivity index (χ0v) is 12.4. The number of rotatable bonds is 8. The van der Waals surface area contributed by atoms with Gasteiger partial charge in [0.25, 0.3) is 0 Å². The first-order chi connectivity index (χ1) is 8.70. The summed E-state index contributed by atoms with van der Waals surface area (Å²) in [5.41, 5.74) is 0. The molecule has 0 saturated heterocycles. The molecule has 0 heterocycles. The van der Waals surface area contributed by atoms with Crippen molar-refractivity contribution in [2.75, 3.05) is 13.7 Å². The summed E-state index contributed by atoms with van der Waals surface area (Å²) in [6, 6.07) is 0. The van der Waals surface area contributed by atoms with E-state index in [9.17, 15) is 4.79 Å². The van der Waals surface area contributed by atoms with E-state index in [1.165, 1.54) is 32.1 Å². The zero-order chi connectivity index (χ0) is 13.4. The number of unbranched alkanes of at least 4 members (excludes halogenated alkanes) is 2. The van der Waals surface area contributed by atoms with E-state index in [2.05, 4.69) is 13.8 Å². The zero-order valence-electron chi connectivity index (χ0n) is 12.4. The van der Waals surface area contributed by atoms with Gasteiger partial charge in [-0.25, -0.2) is 0 Å². The highest BCUT2D eigenvalue weighted by Crippen LogP contribution is 2.38. The summed E-state index contributed by atoms with van der Waals surface area (Å²) in [6.45, 7) is 5.26. The summed E-state index contributed by atoms with van der Waals surface area (Å²) < 4.78 is 5.20.